The van der Waals surface area contributed by atoms with E-state index in [9.17, 15) is 0 Å². The molecule has 2 aromatic heterocycles. The van der Waals surface area contributed by atoms with Gasteiger partial charge in [-0.2, -0.15) is 5.10 Å². The highest BCUT2D eigenvalue weighted by Gasteiger charge is 2.09. The zero-order valence-corrected chi connectivity index (χ0v) is 11.5. The number of anilines is 1. The summed E-state index contributed by atoms with van der Waals surface area (Å²) in [6, 6.07) is 9.88. The highest BCUT2D eigenvalue weighted by atomic mass is 35.5. The van der Waals surface area contributed by atoms with Gasteiger partial charge in [0.1, 0.15) is 18.3 Å². The fourth-order valence-electron chi connectivity index (χ4n) is 1.81. The third-order valence-corrected chi connectivity index (χ3v) is 3.85. The van der Waals surface area contributed by atoms with Crippen LogP contribution in [0, 0.1) is 0 Å². The first-order chi connectivity index (χ1) is 9.34. The lowest BCUT2D eigenvalue weighted by atomic mass is 10.2. The van der Waals surface area contributed by atoms with Gasteiger partial charge in [0, 0.05) is 11.4 Å². The van der Waals surface area contributed by atoms with E-state index in [1.54, 1.807) is 22.3 Å². The van der Waals surface area contributed by atoms with Crippen molar-refractivity contribution in [2.24, 2.45) is 0 Å². The number of nitrogens with zero attached hydrogens (tertiary/aromatic N) is 3. The fourth-order valence-corrected chi connectivity index (χ4v) is 2.72. The van der Waals surface area contributed by atoms with Crippen LogP contribution in [0.5, 0.6) is 0 Å². The van der Waals surface area contributed by atoms with Crippen molar-refractivity contribution in [2.75, 3.05) is 5.32 Å². The lowest BCUT2D eigenvalue weighted by Gasteiger charge is -2.12. The molecule has 0 radical (unpaired) electrons. The Kier molecular flexibility index (Phi) is 3.48. The monoisotopic (exact) mass is 290 g/mol. The Morgan fingerprint density at radius 3 is 2.95 bits per heavy atom. The molecule has 1 N–H and O–H groups in total. The molecular formula is C13H11ClN4S. The summed E-state index contributed by atoms with van der Waals surface area (Å²) in [5.74, 6) is 0. The van der Waals surface area contributed by atoms with Crippen molar-refractivity contribution in [1.82, 2.24) is 14.8 Å². The first-order valence-electron chi connectivity index (χ1n) is 5.74. The Morgan fingerprint density at radius 2 is 2.21 bits per heavy atom. The SMILES string of the molecule is Clc1cccc(NCc2cccs2)c1-n1cncn1. The van der Waals surface area contributed by atoms with Crippen molar-refractivity contribution in [3.63, 3.8) is 0 Å². The summed E-state index contributed by atoms with van der Waals surface area (Å²) in [4.78, 5) is 5.23. The van der Waals surface area contributed by atoms with Crippen molar-refractivity contribution in [2.45, 2.75) is 6.54 Å². The van der Waals surface area contributed by atoms with E-state index in [2.05, 4.69) is 26.8 Å². The van der Waals surface area contributed by atoms with E-state index in [-0.39, 0.29) is 0 Å². The van der Waals surface area contributed by atoms with Gasteiger partial charge in [-0.1, -0.05) is 23.7 Å². The van der Waals surface area contributed by atoms with Crippen molar-refractivity contribution >= 4 is 28.6 Å². The first kappa shape index (κ1) is 12.2. The van der Waals surface area contributed by atoms with Crippen LogP contribution in [-0.4, -0.2) is 14.8 Å². The van der Waals surface area contributed by atoms with Crippen LogP contribution in [0.4, 0.5) is 5.69 Å². The van der Waals surface area contributed by atoms with Gasteiger partial charge in [-0.15, -0.1) is 11.3 Å². The predicted molar refractivity (Wildman–Crippen MR) is 78.0 cm³/mol. The smallest absolute Gasteiger partial charge is 0.138 e. The molecule has 96 valence electrons. The number of halogens is 1. The Balaban J connectivity index is 1.91. The topological polar surface area (TPSA) is 42.7 Å². The number of nitrogens with one attached hydrogen (secondary N) is 1. The minimum atomic E-state index is 0.640. The van der Waals surface area contributed by atoms with Crippen LogP contribution >= 0.6 is 22.9 Å². The molecule has 0 amide bonds. The average Bonchev–Trinajstić information content (AvgIpc) is 3.09. The molecule has 3 aromatic rings. The second-order valence-corrected chi connectivity index (χ2v) is 5.35. The molecule has 1 aromatic carbocycles. The van der Waals surface area contributed by atoms with Crippen LogP contribution in [0.2, 0.25) is 5.02 Å². The number of benzene rings is 1. The van der Waals surface area contributed by atoms with Crippen LogP contribution in [0.15, 0.2) is 48.4 Å². The standard InChI is InChI=1S/C13H11ClN4S/c14-11-4-1-5-12(13(11)18-9-15-8-17-18)16-7-10-3-2-6-19-10/h1-6,8-9,16H,7H2. The third-order valence-electron chi connectivity index (χ3n) is 2.67. The van der Waals surface area contributed by atoms with E-state index in [0.717, 1.165) is 17.9 Å². The molecule has 2 heterocycles. The Hall–Kier alpha value is -1.85. The van der Waals surface area contributed by atoms with Crippen LogP contribution in [0.3, 0.4) is 0 Å². The number of thiophene rings is 1. The molecule has 4 nitrogen and oxygen atoms in total. The van der Waals surface area contributed by atoms with Gasteiger partial charge >= 0.3 is 0 Å². The van der Waals surface area contributed by atoms with Crippen molar-refractivity contribution in [1.29, 1.82) is 0 Å². The van der Waals surface area contributed by atoms with Gasteiger partial charge in [0.05, 0.1) is 10.7 Å². The van der Waals surface area contributed by atoms with E-state index in [1.165, 1.54) is 11.2 Å². The van der Waals surface area contributed by atoms with Crippen LogP contribution < -0.4 is 5.32 Å². The van der Waals surface area contributed by atoms with E-state index < -0.39 is 0 Å². The molecule has 3 rings (SSSR count). The predicted octanol–water partition coefficient (Wildman–Crippen LogP) is 3.59. The first-order valence-corrected chi connectivity index (χ1v) is 7.00. The van der Waals surface area contributed by atoms with E-state index in [4.69, 9.17) is 11.6 Å². The van der Waals surface area contributed by atoms with Gasteiger partial charge in [0.15, 0.2) is 0 Å². The minimum Gasteiger partial charge on any atom is -0.378 e. The second kappa shape index (κ2) is 5.42. The molecule has 0 saturated heterocycles. The maximum Gasteiger partial charge on any atom is 0.138 e. The quantitative estimate of drug-likeness (QED) is 0.798. The number of rotatable bonds is 4. The molecule has 0 saturated carbocycles. The van der Waals surface area contributed by atoms with Gasteiger partial charge in [0.25, 0.3) is 0 Å². The molecule has 19 heavy (non-hydrogen) atoms. The zero-order valence-electron chi connectivity index (χ0n) is 9.95. The molecule has 0 aliphatic heterocycles. The molecule has 0 spiro atoms. The summed E-state index contributed by atoms with van der Waals surface area (Å²) >= 11 is 7.97. The molecule has 0 aliphatic carbocycles. The van der Waals surface area contributed by atoms with Crippen LogP contribution in [-0.2, 0) is 6.54 Å². The van der Waals surface area contributed by atoms with E-state index in [0.29, 0.717) is 5.02 Å². The molecule has 0 atom stereocenters. The Morgan fingerprint density at radius 1 is 1.26 bits per heavy atom. The molecule has 0 aliphatic rings. The Labute approximate surface area is 119 Å². The fraction of sp³-hybridized carbons (Fsp3) is 0.0769. The normalized spacial score (nSPS) is 10.6. The van der Waals surface area contributed by atoms with Gasteiger partial charge < -0.3 is 5.32 Å². The summed E-state index contributed by atoms with van der Waals surface area (Å²) in [5.41, 5.74) is 1.75. The van der Waals surface area contributed by atoms with Crippen LogP contribution in [0.25, 0.3) is 5.69 Å². The molecular weight excluding hydrogens is 280 g/mol. The van der Waals surface area contributed by atoms with Gasteiger partial charge in [-0.05, 0) is 23.6 Å². The number of hydrogen-bond acceptors (Lipinski definition) is 4. The summed E-state index contributed by atoms with van der Waals surface area (Å²) in [6.07, 6.45) is 3.13. The molecule has 0 unspecified atom stereocenters. The van der Waals surface area contributed by atoms with Crippen molar-refractivity contribution in [3.05, 3.63) is 58.3 Å². The lowest BCUT2D eigenvalue weighted by molar-refractivity contribution is 0.878. The summed E-state index contributed by atoms with van der Waals surface area (Å²) in [6.45, 7) is 0.764. The number of hydrogen-bond donors (Lipinski definition) is 1. The summed E-state index contributed by atoms with van der Waals surface area (Å²) in [5, 5.41) is 10.2. The molecule has 0 fully saturated rings. The third kappa shape index (κ3) is 2.62. The summed E-state index contributed by atoms with van der Waals surface area (Å²) in [7, 11) is 0. The van der Waals surface area contributed by atoms with Crippen molar-refractivity contribution in [3.8, 4) is 5.69 Å². The molecule has 6 heteroatoms. The van der Waals surface area contributed by atoms with E-state index in [1.807, 2.05) is 24.3 Å². The maximum atomic E-state index is 6.26. The Bertz CT molecular complexity index is 649. The van der Waals surface area contributed by atoms with Gasteiger partial charge in [-0.25, -0.2) is 9.67 Å². The lowest BCUT2D eigenvalue weighted by Crippen LogP contribution is -2.04. The highest BCUT2D eigenvalue weighted by molar-refractivity contribution is 7.09. The average molecular weight is 291 g/mol. The molecule has 0 bridgehead atoms. The highest BCUT2D eigenvalue weighted by Crippen LogP contribution is 2.28. The number of aromatic nitrogens is 3. The zero-order chi connectivity index (χ0) is 13.1. The second-order valence-electron chi connectivity index (χ2n) is 3.91. The minimum absolute atomic E-state index is 0.640. The van der Waals surface area contributed by atoms with Crippen molar-refractivity contribution < 1.29 is 0 Å². The maximum absolute atomic E-state index is 6.26. The summed E-state index contributed by atoms with van der Waals surface area (Å²) < 4.78 is 1.67. The number of para-hydroxylation sites is 1. The van der Waals surface area contributed by atoms with E-state index >= 15 is 0 Å². The van der Waals surface area contributed by atoms with Crippen LogP contribution in [0.1, 0.15) is 4.88 Å². The largest absolute Gasteiger partial charge is 0.378 e. The van der Waals surface area contributed by atoms with Gasteiger partial charge in [0.2, 0.25) is 0 Å². The van der Waals surface area contributed by atoms with Gasteiger partial charge in [-0.3, -0.25) is 0 Å².